The zero-order chi connectivity index (χ0) is 14.3. The molecule has 0 spiro atoms. The largest absolute Gasteiger partial charge is 0.481 e. The molecule has 1 saturated carbocycles. The van der Waals surface area contributed by atoms with Gasteiger partial charge in [-0.2, -0.15) is 4.31 Å². The van der Waals surface area contributed by atoms with Crippen molar-refractivity contribution in [1.29, 1.82) is 0 Å². The fraction of sp³-hybridized carbons (Fsp3) is 0.923. The summed E-state index contributed by atoms with van der Waals surface area (Å²) in [5, 5.41) is 8.78. The summed E-state index contributed by atoms with van der Waals surface area (Å²) in [6, 6.07) is 0.00922. The van der Waals surface area contributed by atoms with Crippen LogP contribution in [0.25, 0.3) is 0 Å². The first-order chi connectivity index (χ1) is 8.97. The first-order valence-electron chi connectivity index (χ1n) is 7.18. The predicted molar refractivity (Wildman–Crippen MR) is 74.5 cm³/mol. The minimum Gasteiger partial charge on any atom is -0.481 e. The topological polar surface area (TPSA) is 74.7 Å². The lowest BCUT2D eigenvalue weighted by molar-refractivity contribution is -0.137. The highest BCUT2D eigenvalue weighted by molar-refractivity contribution is 7.89. The highest BCUT2D eigenvalue weighted by Gasteiger charge is 2.30. The Morgan fingerprint density at radius 3 is 2.42 bits per heavy atom. The van der Waals surface area contributed by atoms with Gasteiger partial charge in [-0.25, -0.2) is 8.42 Å². The molecule has 0 aromatic rings. The number of carboxylic acid groups (broad SMARTS) is 1. The van der Waals surface area contributed by atoms with Crippen LogP contribution in [0.15, 0.2) is 0 Å². The van der Waals surface area contributed by atoms with Crippen LogP contribution in [0, 0.1) is 0 Å². The van der Waals surface area contributed by atoms with Crippen LogP contribution in [0.4, 0.5) is 0 Å². The monoisotopic (exact) mass is 291 g/mol. The minimum absolute atomic E-state index is 0.00922. The second-order valence-corrected chi connectivity index (χ2v) is 7.26. The number of hydrogen-bond donors (Lipinski definition) is 1. The van der Waals surface area contributed by atoms with Gasteiger partial charge in [0, 0.05) is 12.6 Å². The lowest BCUT2D eigenvalue weighted by Crippen LogP contribution is -2.43. The third-order valence-corrected chi connectivity index (χ3v) is 5.64. The van der Waals surface area contributed by atoms with Crippen molar-refractivity contribution in [3.63, 3.8) is 0 Å². The molecule has 0 aromatic heterocycles. The fourth-order valence-electron chi connectivity index (χ4n) is 2.57. The van der Waals surface area contributed by atoms with Crippen molar-refractivity contribution < 1.29 is 18.3 Å². The van der Waals surface area contributed by atoms with E-state index in [4.69, 9.17) is 5.11 Å². The van der Waals surface area contributed by atoms with Crippen LogP contribution in [-0.2, 0) is 14.8 Å². The number of nitrogens with zero attached hydrogens (tertiary/aromatic N) is 1. The molecule has 1 rings (SSSR count). The summed E-state index contributed by atoms with van der Waals surface area (Å²) in [6.45, 7) is 2.07. The molecule has 5 nitrogen and oxygen atoms in total. The van der Waals surface area contributed by atoms with E-state index >= 15 is 0 Å². The Morgan fingerprint density at radius 1 is 1.26 bits per heavy atom. The Morgan fingerprint density at radius 2 is 1.89 bits per heavy atom. The number of rotatable bonds is 8. The van der Waals surface area contributed by atoms with E-state index in [1.54, 1.807) is 0 Å². The van der Waals surface area contributed by atoms with E-state index in [0.717, 1.165) is 38.5 Å². The van der Waals surface area contributed by atoms with Crippen molar-refractivity contribution in [2.24, 2.45) is 0 Å². The number of hydrogen-bond acceptors (Lipinski definition) is 3. The van der Waals surface area contributed by atoms with Crippen molar-refractivity contribution in [1.82, 2.24) is 4.31 Å². The molecule has 0 unspecified atom stereocenters. The molecule has 0 radical (unpaired) electrons. The minimum atomic E-state index is -3.31. The standard InChI is InChI=1S/C13H25NO4S/c1-2-3-11-19(17,18)14(10-9-13(15)16)12-7-5-4-6-8-12/h12H,2-11H2,1H3,(H,15,16). The maximum absolute atomic E-state index is 12.3. The van der Waals surface area contributed by atoms with Gasteiger partial charge in [-0.15, -0.1) is 0 Å². The Balaban J connectivity index is 2.74. The number of unbranched alkanes of at least 4 members (excludes halogenated alkanes) is 1. The molecule has 0 aliphatic heterocycles. The molecule has 0 aromatic carbocycles. The highest BCUT2D eigenvalue weighted by Crippen LogP contribution is 2.25. The van der Waals surface area contributed by atoms with Gasteiger partial charge in [0.25, 0.3) is 0 Å². The SMILES string of the molecule is CCCCS(=O)(=O)N(CCC(=O)O)C1CCCCC1. The molecule has 19 heavy (non-hydrogen) atoms. The van der Waals surface area contributed by atoms with Crippen molar-refractivity contribution in [2.75, 3.05) is 12.3 Å². The predicted octanol–water partition coefficient (Wildman–Crippen LogP) is 2.23. The molecular formula is C13H25NO4S. The maximum Gasteiger partial charge on any atom is 0.304 e. The van der Waals surface area contributed by atoms with E-state index in [9.17, 15) is 13.2 Å². The van der Waals surface area contributed by atoms with Gasteiger partial charge in [-0.05, 0) is 19.3 Å². The van der Waals surface area contributed by atoms with Crippen LogP contribution in [0.2, 0.25) is 0 Å². The van der Waals surface area contributed by atoms with Gasteiger partial charge in [-0.1, -0.05) is 32.6 Å². The summed E-state index contributed by atoms with van der Waals surface area (Å²) in [4.78, 5) is 10.7. The summed E-state index contributed by atoms with van der Waals surface area (Å²) in [6.07, 6.45) is 6.32. The summed E-state index contributed by atoms with van der Waals surface area (Å²) in [7, 11) is -3.31. The van der Waals surface area contributed by atoms with Gasteiger partial charge in [-0.3, -0.25) is 4.79 Å². The van der Waals surface area contributed by atoms with E-state index < -0.39 is 16.0 Å². The quantitative estimate of drug-likeness (QED) is 0.744. The van der Waals surface area contributed by atoms with Crippen LogP contribution in [0.5, 0.6) is 0 Å². The normalized spacial score (nSPS) is 17.8. The molecule has 0 atom stereocenters. The van der Waals surface area contributed by atoms with Crippen LogP contribution < -0.4 is 0 Å². The Kier molecular flexibility index (Phi) is 6.79. The smallest absolute Gasteiger partial charge is 0.304 e. The number of sulfonamides is 1. The lowest BCUT2D eigenvalue weighted by Gasteiger charge is -2.33. The van der Waals surface area contributed by atoms with Gasteiger partial charge in [0.2, 0.25) is 10.0 Å². The third-order valence-electron chi connectivity index (χ3n) is 3.64. The van der Waals surface area contributed by atoms with Gasteiger partial charge in [0.1, 0.15) is 0 Å². The summed E-state index contributed by atoms with van der Waals surface area (Å²) < 4.78 is 26.1. The van der Waals surface area contributed by atoms with Crippen LogP contribution >= 0.6 is 0 Å². The van der Waals surface area contributed by atoms with Crippen LogP contribution in [-0.4, -0.2) is 42.1 Å². The molecule has 0 saturated heterocycles. The Labute approximate surface area is 116 Å². The van der Waals surface area contributed by atoms with Gasteiger partial charge in [0.05, 0.1) is 12.2 Å². The first-order valence-corrected chi connectivity index (χ1v) is 8.79. The fourth-order valence-corrected chi connectivity index (χ4v) is 4.49. The van der Waals surface area contributed by atoms with Crippen LogP contribution in [0.1, 0.15) is 58.3 Å². The van der Waals surface area contributed by atoms with Crippen molar-refractivity contribution in [3.8, 4) is 0 Å². The van der Waals surface area contributed by atoms with Crippen molar-refractivity contribution in [2.45, 2.75) is 64.3 Å². The Hall–Kier alpha value is -0.620. The number of carbonyl (C=O) groups is 1. The highest BCUT2D eigenvalue weighted by atomic mass is 32.2. The second-order valence-electron chi connectivity index (χ2n) is 5.22. The van der Waals surface area contributed by atoms with E-state index in [2.05, 4.69) is 0 Å². The van der Waals surface area contributed by atoms with Crippen molar-refractivity contribution in [3.05, 3.63) is 0 Å². The molecule has 1 aliphatic carbocycles. The van der Waals surface area contributed by atoms with Crippen LogP contribution in [0.3, 0.4) is 0 Å². The zero-order valence-electron chi connectivity index (χ0n) is 11.7. The van der Waals surface area contributed by atoms with E-state index in [1.807, 2.05) is 6.92 Å². The molecule has 1 aliphatic rings. The summed E-state index contributed by atoms with van der Waals surface area (Å²) in [5.74, 6) is -0.800. The maximum atomic E-state index is 12.3. The third kappa shape index (κ3) is 5.48. The molecular weight excluding hydrogens is 266 g/mol. The Bertz CT molecular complexity index is 374. The molecule has 6 heteroatoms. The van der Waals surface area contributed by atoms with E-state index in [0.29, 0.717) is 6.42 Å². The van der Waals surface area contributed by atoms with E-state index in [-0.39, 0.29) is 24.8 Å². The first kappa shape index (κ1) is 16.4. The molecule has 1 fully saturated rings. The number of carboxylic acids is 1. The van der Waals surface area contributed by atoms with Gasteiger partial charge in [0.15, 0.2) is 0 Å². The molecule has 0 bridgehead atoms. The van der Waals surface area contributed by atoms with Gasteiger partial charge < -0.3 is 5.11 Å². The lowest BCUT2D eigenvalue weighted by atomic mass is 9.95. The average molecular weight is 291 g/mol. The van der Waals surface area contributed by atoms with Crippen molar-refractivity contribution >= 4 is 16.0 Å². The summed E-state index contributed by atoms with van der Waals surface area (Å²) in [5.41, 5.74) is 0. The average Bonchev–Trinajstić information content (AvgIpc) is 2.37. The number of aliphatic carboxylic acids is 1. The summed E-state index contributed by atoms with van der Waals surface area (Å²) >= 11 is 0. The molecule has 0 amide bonds. The molecule has 112 valence electrons. The van der Waals surface area contributed by atoms with E-state index in [1.165, 1.54) is 4.31 Å². The molecule has 0 heterocycles. The molecule has 1 N–H and O–H groups in total. The second kappa shape index (κ2) is 7.85. The zero-order valence-corrected chi connectivity index (χ0v) is 12.5. The van der Waals surface area contributed by atoms with Gasteiger partial charge >= 0.3 is 5.97 Å².